The molecule has 308 valence electrons. The smallest absolute Gasteiger partial charge is 0.305 e. The molecule has 0 saturated carbocycles. The summed E-state index contributed by atoms with van der Waals surface area (Å²) < 4.78 is 28.7. The summed E-state index contributed by atoms with van der Waals surface area (Å²) in [6.45, 7) is 4.99. The van der Waals surface area contributed by atoms with Crippen molar-refractivity contribution in [2.75, 3.05) is 30.5 Å². The molecule has 1 fully saturated rings. The topological polar surface area (TPSA) is 284 Å². The number of nitro groups is 2. The molecule has 2 aromatic carbocycles. The zero-order chi connectivity index (χ0) is 43.6. The van der Waals surface area contributed by atoms with Crippen molar-refractivity contribution >= 4 is 132 Å². The lowest BCUT2D eigenvalue weighted by molar-refractivity contribution is -0.395. The van der Waals surface area contributed by atoms with Crippen LogP contribution in [0.15, 0.2) is 18.2 Å². The Hall–Kier alpha value is -4.16. The molecule has 1 heterocycles. The van der Waals surface area contributed by atoms with Crippen LogP contribution in [0.5, 0.6) is 0 Å². The van der Waals surface area contributed by atoms with Gasteiger partial charge in [-0.3, -0.25) is 53.8 Å². The maximum Gasteiger partial charge on any atom is 0.305 e. The number of nitrogens with zero attached hydrogens (tertiary/aromatic N) is 4. The van der Waals surface area contributed by atoms with Gasteiger partial charge in [0, 0.05) is 80.5 Å². The Morgan fingerprint density at radius 2 is 1.23 bits per heavy atom. The highest BCUT2D eigenvalue weighted by atomic mass is 127. The quantitative estimate of drug-likeness (QED) is 0.0796. The summed E-state index contributed by atoms with van der Waals surface area (Å²) >= 11 is 5.27. The fourth-order valence-electron chi connectivity index (χ4n) is 6.06. The van der Waals surface area contributed by atoms with E-state index in [1.165, 1.54) is 27.9 Å². The molecule has 1 aliphatic rings. The lowest BCUT2D eigenvalue weighted by Crippen LogP contribution is -2.79. The molecule has 3 rings (SSSR count). The van der Waals surface area contributed by atoms with Gasteiger partial charge in [0.15, 0.2) is 23.3 Å². The second-order valence-electron chi connectivity index (χ2n) is 12.3. The first-order valence-corrected chi connectivity index (χ1v) is 19.3. The number of carbonyl (C=O) groups is 7. The van der Waals surface area contributed by atoms with Crippen molar-refractivity contribution in [1.82, 2.24) is 0 Å². The van der Waals surface area contributed by atoms with Gasteiger partial charge in [0.2, 0.25) is 11.8 Å². The Morgan fingerprint density at radius 1 is 0.772 bits per heavy atom. The fraction of sp³-hybridized carbons (Fsp3) is 0.424. The van der Waals surface area contributed by atoms with Crippen LogP contribution in [0.1, 0.15) is 57.5 Å². The van der Waals surface area contributed by atoms with E-state index in [9.17, 15) is 49.0 Å². The highest BCUT2D eigenvalue weighted by molar-refractivity contribution is 14.1. The van der Waals surface area contributed by atoms with Crippen LogP contribution in [0.25, 0.3) is 0 Å². The van der Waals surface area contributed by atoms with E-state index in [-0.39, 0.29) is 22.1 Å². The van der Waals surface area contributed by atoms with E-state index in [0.717, 1.165) is 55.7 Å². The van der Waals surface area contributed by atoms with E-state index in [2.05, 4.69) is 0 Å². The van der Waals surface area contributed by atoms with Gasteiger partial charge >= 0.3 is 29.7 Å². The summed E-state index contributed by atoms with van der Waals surface area (Å²) in [7, 11) is 2.69. The van der Waals surface area contributed by atoms with Gasteiger partial charge in [0.25, 0.3) is 17.2 Å². The Morgan fingerprint density at radius 3 is 1.60 bits per heavy atom. The lowest BCUT2D eigenvalue weighted by atomic mass is 9.69. The molecule has 0 aromatic heterocycles. The standard InChI is InChI=1S/C33H34I3N5O16/c1-13(42)38(7)27-24(34)23(25(35)28(26(27)36)39(8)14(2)43)32(37)31(55-17(5)46)29(54-16(4)45)21(12-53-15(3)44)57-33(32,56-18(6)47)30(48)22-19(40(49)50)10-9-11-20(22)41(51)52/h9-11,21,29,31H,12,37H2,1-8H3/t21-,29-,31+,32-,33?/m1/s1. The Bertz CT molecular complexity index is 2020. The number of Topliss-reactive ketones (excluding diaryl/α,β-unsaturated/α-hetero) is 1. The molecule has 2 aromatic rings. The van der Waals surface area contributed by atoms with Crippen molar-refractivity contribution in [3.8, 4) is 0 Å². The van der Waals surface area contributed by atoms with Crippen LogP contribution in [-0.2, 0) is 58.0 Å². The third-order valence-corrected chi connectivity index (χ3v) is 11.7. The summed E-state index contributed by atoms with van der Waals surface area (Å²) in [6, 6.07) is 2.38. The monoisotopic (exact) mass is 1140 g/mol. The van der Waals surface area contributed by atoms with E-state index < -0.39 is 110 Å². The predicted octanol–water partition coefficient (Wildman–Crippen LogP) is 3.40. The average Bonchev–Trinajstić information content (AvgIpc) is 3.08. The van der Waals surface area contributed by atoms with Crippen molar-refractivity contribution in [3.63, 3.8) is 0 Å². The van der Waals surface area contributed by atoms with Crippen LogP contribution in [0.4, 0.5) is 22.7 Å². The molecule has 2 N–H and O–H groups in total. The molecule has 0 spiro atoms. The number of ether oxygens (including phenoxy) is 5. The van der Waals surface area contributed by atoms with Gasteiger partial charge in [-0.1, -0.05) is 0 Å². The van der Waals surface area contributed by atoms with Crippen LogP contribution in [0, 0.1) is 30.9 Å². The Labute approximate surface area is 364 Å². The van der Waals surface area contributed by atoms with Gasteiger partial charge in [0.05, 0.1) is 24.8 Å². The van der Waals surface area contributed by atoms with Crippen molar-refractivity contribution < 1.29 is 67.1 Å². The maximum atomic E-state index is 15.5. The van der Waals surface area contributed by atoms with Crippen LogP contribution >= 0.6 is 67.8 Å². The predicted molar refractivity (Wildman–Crippen MR) is 220 cm³/mol. The molecule has 1 unspecified atom stereocenters. The minimum Gasteiger partial charge on any atom is -0.463 e. The maximum absolute atomic E-state index is 15.5. The van der Waals surface area contributed by atoms with E-state index in [1.807, 2.05) is 22.6 Å². The van der Waals surface area contributed by atoms with Crippen molar-refractivity contribution in [2.24, 2.45) is 5.73 Å². The number of ketones is 1. The summed E-state index contributed by atoms with van der Waals surface area (Å²) in [5, 5.41) is 24.9. The molecule has 2 amide bonds. The molecule has 0 bridgehead atoms. The number of carbonyl (C=O) groups excluding carboxylic acids is 7. The van der Waals surface area contributed by atoms with Crippen LogP contribution < -0.4 is 15.5 Å². The first-order chi connectivity index (χ1) is 26.3. The second-order valence-corrected chi connectivity index (χ2v) is 15.6. The van der Waals surface area contributed by atoms with Crippen LogP contribution in [-0.4, -0.2) is 96.1 Å². The molecule has 57 heavy (non-hydrogen) atoms. The molecule has 5 atom stereocenters. The normalized spacial score (nSPS) is 21.4. The molecule has 1 saturated heterocycles. The molecule has 24 heteroatoms. The highest BCUT2D eigenvalue weighted by Gasteiger charge is 2.74. The summed E-state index contributed by atoms with van der Waals surface area (Å²) in [4.78, 5) is 118. The third kappa shape index (κ3) is 8.97. The summed E-state index contributed by atoms with van der Waals surface area (Å²) in [5.41, 5.74) is 0.274. The molecule has 21 nitrogen and oxygen atoms in total. The number of anilines is 2. The van der Waals surface area contributed by atoms with E-state index >= 15 is 4.79 Å². The largest absolute Gasteiger partial charge is 0.463 e. The van der Waals surface area contributed by atoms with Gasteiger partial charge in [-0.2, -0.15) is 0 Å². The number of benzene rings is 2. The Balaban J connectivity index is 2.91. The van der Waals surface area contributed by atoms with Gasteiger partial charge in [0.1, 0.15) is 12.7 Å². The number of hydrogen-bond donors (Lipinski definition) is 1. The number of nitrogens with two attached hydrogens (primary N) is 1. The number of halogens is 3. The van der Waals surface area contributed by atoms with Crippen molar-refractivity contribution in [1.29, 1.82) is 0 Å². The first kappa shape index (κ1) is 47.2. The lowest BCUT2D eigenvalue weighted by Gasteiger charge is -2.56. The summed E-state index contributed by atoms with van der Waals surface area (Å²) in [5.74, 6) is -11.2. The van der Waals surface area contributed by atoms with Crippen molar-refractivity contribution in [2.45, 2.75) is 71.2 Å². The minimum atomic E-state index is -3.62. The molecular formula is C33H34I3N5O16. The number of rotatable bonds is 12. The minimum absolute atomic E-state index is 0.0144. The SMILES string of the molecule is CC(=O)OC[C@H]1OC(OC(C)=O)(C(=O)c2c([N+](=O)[O-])cccc2[N+](=O)[O-])[C@@](N)(c2c(I)c(N(C)C(C)=O)c(I)c(N(C)C(C)=O)c2I)[C@@H](OC(C)=O)[C@@H]1OC(C)=O. The van der Waals surface area contributed by atoms with E-state index in [0.29, 0.717) is 0 Å². The van der Waals surface area contributed by atoms with Gasteiger partial charge in [-0.25, -0.2) is 0 Å². The zero-order valence-corrected chi connectivity index (χ0v) is 37.7. The average molecular weight is 1140 g/mol. The number of hydrogen-bond acceptors (Lipinski definition) is 17. The first-order valence-electron chi connectivity index (χ1n) is 16.1. The van der Waals surface area contributed by atoms with Crippen molar-refractivity contribution in [3.05, 3.63) is 60.3 Å². The van der Waals surface area contributed by atoms with Gasteiger partial charge in [-0.15, -0.1) is 0 Å². The van der Waals surface area contributed by atoms with Crippen LogP contribution in [0.2, 0.25) is 0 Å². The van der Waals surface area contributed by atoms with Gasteiger partial charge < -0.3 is 39.2 Å². The van der Waals surface area contributed by atoms with Crippen LogP contribution in [0.3, 0.4) is 0 Å². The number of amides is 2. The molecular weight excluding hydrogens is 1100 g/mol. The van der Waals surface area contributed by atoms with E-state index in [1.54, 1.807) is 45.2 Å². The summed E-state index contributed by atoms with van der Waals surface area (Å²) in [6.07, 6.45) is -6.25. The molecule has 1 aliphatic heterocycles. The molecule has 0 aliphatic carbocycles. The number of esters is 4. The molecule has 0 radical (unpaired) electrons. The van der Waals surface area contributed by atoms with E-state index in [4.69, 9.17) is 29.4 Å². The number of nitro benzene ring substituents is 2. The van der Waals surface area contributed by atoms with Gasteiger partial charge in [-0.05, 0) is 73.8 Å². The fourth-order valence-corrected chi connectivity index (χ4v) is 11.6. The highest BCUT2D eigenvalue weighted by Crippen LogP contribution is 2.55. The third-order valence-electron chi connectivity index (χ3n) is 8.55. The zero-order valence-electron chi connectivity index (χ0n) is 31.2. The second kappa shape index (κ2) is 18.2. The Kier molecular flexibility index (Phi) is 15.1.